The normalized spacial score (nSPS) is 16.2. The number of furan rings is 1. The van der Waals surface area contributed by atoms with Gasteiger partial charge in [0.05, 0.1) is 31.9 Å². The minimum Gasteiger partial charge on any atom is -0.465 e. The van der Waals surface area contributed by atoms with Crippen molar-refractivity contribution in [2.24, 2.45) is 0 Å². The molecule has 1 atom stereocenters. The molecule has 0 spiro atoms. The third-order valence-electron chi connectivity index (χ3n) is 5.09. The van der Waals surface area contributed by atoms with Crippen LogP contribution in [0.1, 0.15) is 29.1 Å². The second-order valence-corrected chi connectivity index (χ2v) is 9.04. The molecule has 3 heterocycles. The maximum absolute atomic E-state index is 13.3. The molecule has 31 heavy (non-hydrogen) atoms. The number of esters is 1. The molecule has 0 bridgehead atoms. The van der Waals surface area contributed by atoms with Crippen LogP contribution in [-0.2, 0) is 19.5 Å². The van der Waals surface area contributed by atoms with Gasteiger partial charge in [0.2, 0.25) is 10.0 Å². The first-order valence-corrected chi connectivity index (χ1v) is 11.3. The molecule has 1 aromatic carbocycles. The number of para-hydroxylation sites is 1. The number of morpholine rings is 1. The number of anilines is 1. The van der Waals surface area contributed by atoms with E-state index in [-0.39, 0.29) is 35.4 Å². The van der Waals surface area contributed by atoms with Gasteiger partial charge in [-0.25, -0.2) is 18.2 Å². The summed E-state index contributed by atoms with van der Waals surface area (Å²) in [5.74, 6) is 0.102. The van der Waals surface area contributed by atoms with Gasteiger partial charge < -0.3 is 19.2 Å². The SMILES string of the molecule is COC(=O)c1cnc(NC(C)c2cc3ccccc3o2)c(S(=O)(=O)N2CCOCC2)c1. The summed E-state index contributed by atoms with van der Waals surface area (Å²) in [6.07, 6.45) is 1.29. The van der Waals surface area contributed by atoms with Crippen LogP contribution in [0.15, 0.2) is 51.9 Å². The Bertz CT molecular complexity index is 1170. The monoisotopic (exact) mass is 445 g/mol. The van der Waals surface area contributed by atoms with E-state index in [2.05, 4.69) is 10.3 Å². The van der Waals surface area contributed by atoms with Crippen molar-refractivity contribution in [3.63, 3.8) is 0 Å². The van der Waals surface area contributed by atoms with Crippen molar-refractivity contribution in [2.75, 3.05) is 38.7 Å². The lowest BCUT2D eigenvalue weighted by Gasteiger charge is -2.27. The summed E-state index contributed by atoms with van der Waals surface area (Å²) in [5, 5.41) is 4.07. The van der Waals surface area contributed by atoms with Gasteiger partial charge in [-0.3, -0.25) is 0 Å². The summed E-state index contributed by atoms with van der Waals surface area (Å²) < 4.78 is 43.9. The number of methoxy groups -OCH3 is 1. The van der Waals surface area contributed by atoms with E-state index < -0.39 is 16.0 Å². The molecule has 1 aliphatic rings. The standard InChI is InChI=1S/C21H23N3O6S/c1-14(18-11-15-5-3-4-6-17(15)30-18)23-20-19(12-16(13-22-20)21(25)28-2)31(26,27)24-7-9-29-10-8-24/h3-6,11-14H,7-10H2,1-2H3,(H,22,23). The zero-order chi connectivity index (χ0) is 22.0. The molecule has 0 radical (unpaired) electrons. The Balaban J connectivity index is 1.71. The molecule has 2 aromatic heterocycles. The molecule has 1 N–H and O–H groups in total. The Morgan fingerprint density at radius 3 is 2.68 bits per heavy atom. The van der Waals surface area contributed by atoms with Crippen molar-refractivity contribution in [1.29, 1.82) is 0 Å². The summed E-state index contributed by atoms with van der Waals surface area (Å²) >= 11 is 0. The maximum Gasteiger partial charge on any atom is 0.339 e. The minimum atomic E-state index is -3.92. The summed E-state index contributed by atoms with van der Waals surface area (Å²) in [4.78, 5) is 16.1. The Morgan fingerprint density at radius 2 is 1.97 bits per heavy atom. The molecule has 0 aliphatic carbocycles. The molecule has 9 nitrogen and oxygen atoms in total. The summed E-state index contributed by atoms with van der Waals surface area (Å²) in [6, 6.07) is 10.4. The number of hydrogen-bond donors (Lipinski definition) is 1. The van der Waals surface area contributed by atoms with Crippen LogP contribution in [0.2, 0.25) is 0 Å². The number of nitrogens with zero attached hydrogens (tertiary/aromatic N) is 2. The fourth-order valence-corrected chi connectivity index (χ4v) is 4.94. The minimum absolute atomic E-state index is 0.0521. The summed E-state index contributed by atoms with van der Waals surface area (Å²) in [7, 11) is -2.69. The van der Waals surface area contributed by atoms with E-state index in [4.69, 9.17) is 13.9 Å². The molecule has 1 aliphatic heterocycles. The molecule has 1 unspecified atom stereocenters. The van der Waals surface area contributed by atoms with Gasteiger partial charge in [-0.15, -0.1) is 0 Å². The van der Waals surface area contributed by atoms with E-state index in [1.807, 2.05) is 37.3 Å². The number of pyridine rings is 1. The number of fused-ring (bicyclic) bond motifs is 1. The van der Waals surface area contributed by atoms with Crippen molar-refractivity contribution in [1.82, 2.24) is 9.29 Å². The number of rotatable bonds is 6. The van der Waals surface area contributed by atoms with Gasteiger partial charge in [-0.05, 0) is 25.1 Å². The fraction of sp³-hybridized carbons (Fsp3) is 0.333. The molecule has 4 rings (SSSR count). The Hall–Kier alpha value is -2.95. The lowest BCUT2D eigenvalue weighted by molar-refractivity contribution is 0.0600. The Morgan fingerprint density at radius 1 is 1.23 bits per heavy atom. The predicted molar refractivity (Wildman–Crippen MR) is 113 cm³/mol. The quantitative estimate of drug-likeness (QED) is 0.577. The molecule has 164 valence electrons. The molecule has 1 saturated heterocycles. The van der Waals surface area contributed by atoms with Gasteiger partial charge in [0.25, 0.3) is 0 Å². The molecule has 0 saturated carbocycles. The van der Waals surface area contributed by atoms with E-state index in [9.17, 15) is 13.2 Å². The van der Waals surface area contributed by atoms with E-state index >= 15 is 0 Å². The van der Waals surface area contributed by atoms with Crippen LogP contribution in [-0.4, -0.2) is 57.1 Å². The van der Waals surface area contributed by atoms with E-state index in [0.29, 0.717) is 19.0 Å². The van der Waals surface area contributed by atoms with Gasteiger partial charge in [0.15, 0.2) is 0 Å². The second kappa shape index (κ2) is 8.66. The first-order chi connectivity index (χ1) is 14.9. The van der Waals surface area contributed by atoms with Crippen LogP contribution < -0.4 is 5.32 Å². The largest absolute Gasteiger partial charge is 0.465 e. The third-order valence-corrected chi connectivity index (χ3v) is 7.00. The highest BCUT2D eigenvalue weighted by Gasteiger charge is 2.31. The Labute approximate surface area is 180 Å². The lowest BCUT2D eigenvalue weighted by atomic mass is 10.2. The summed E-state index contributed by atoms with van der Waals surface area (Å²) in [5.41, 5.74) is 0.789. The first kappa shape index (κ1) is 21.3. The van der Waals surface area contributed by atoms with Gasteiger partial charge in [0.1, 0.15) is 22.1 Å². The maximum atomic E-state index is 13.3. The smallest absolute Gasteiger partial charge is 0.339 e. The van der Waals surface area contributed by atoms with Crippen LogP contribution in [0.4, 0.5) is 5.82 Å². The number of sulfonamides is 1. The fourth-order valence-electron chi connectivity index (χ4n) is 3.40. The zero-order valence-corrected chi connectivity index (χ0v) is 18.0. The molecule has 0 amide bonds. The predicted octanol–water partition coefficient (Wildman–Crippen LogP) is 2.81. The highest BCUT2D eigenvalue weighted by Crippen LogP contribution is 2.30. The average Bonchev–Trinajstić information content (AvgIpc) is 3.24. The number of ether oxygens (including phenoxy) is 2. The van der Waals surface area contributed by atoms with Crippen molar-refractivity contribution in [3.8, 4) is 0 Å². The van der Waals surface area contributed by atoms with Crippen LogP contribution >= 0.6 is 0 Å². The number of benzene rings is 1. The number of carbonyl (C=O) groups excluding carboxylic acids is 1. The summed E-state index contributed by atoms with van der Waals surface area (Å²) in [6.45, 7) is 2.91. The van der Waals surface area contributed by atoms with Crippen molar-refractivity contribution in [2.45, 2.75) is 17.9 Å². The molecule has 10 heteroatoms. The Kier molecular flexibility index (Phi) is 5.94. The van der Waals surface area contributed by atoms with Crippen LogP contribution in [0.5, 0.6) is 0 Å². The van der Waals surface area contributed by atoms with Crippen LogP contribution in [0, 0.1) is 0 Å². The van der Waals surface area contributed by atoms with E-state index in [1.165, 1.54) is 23.7 Å². The number of nitrogens with one attached hydrogen (secondary N) is 1. The van der Waals surface area contributed by atoms with Crippen molar-refractivity contribution < 1.29 is 27.1 Å². The van der Waals surface area contributed by atoms with Crippen molar-refractivity contribution in [3.05, 3.63) is 53.9 Å². The number of aromatic nitrogens is 1. The number of carbonyl (C=O) groups is 1. The lowest BCUT2D eigenvalue weighted by Crippen LogP contribution is -2.41. The van der Waals surface area contributed by atoms with Gasteiger partial charge in [-0.2, -0.15) is 4.31 Å². The highest BCUT2D eigenvalue weighted by molar-refractivity contribution is 7.89. The van der Waals surface area contributed by atoms with Gasteiger partial charge >= 0.3 is 5.97 Å². The molecular weight excluding hydrogens is 422 g/mol. The van der Waals surface area contributed by atoms with Crippen molar-refractivity contribution >= 4 is 32.8 Å². The first-order valence-electron chi connectivity index (χ1n) is 9.81. The van der Waals surface area contributed by atoms with Gasteiger partial charge in [0, 0.05) is 24.7 Å². The third kappa shape index (κ3) is 4.27. The molecule has 3 aromatic rings. The number of hydrogen-bond acceptors (Lipinski definition) is 8. The van der Waals surface area contributed by atoms with Crippen LogP contribution in [0.25, 0.3) is 11.0 Å². The molecular formula is C21H23N3O6S. The zero-order valence-electron chi connectivity index (χ0n) is 17.2. The molecule has 1 fully saturated rings. The van der Waals surface area contributed by atoms with Gasteiger partial charge in [-0.1, -0.05) is 18.2 Å². The second-order valence-electron chi connectivity index (χ2n) is 7.13. The van der Waals surface area contributed by atoms with E-state index in [0.717, 1.165) is 11.0 Å². The van der Waals surface area contributed by atoms with E-state index in [1.54, 1.807) is 0 Å². The topological polar surface area (TPSA) is 111 Å². The highest BCUT2D eigenvalue weighted by atomic mass is 32.2. The van der Waals surface area contributed by atoms with Crippen LogP contribution in [0.3, 0.4) is 0 Å². The average molecular weight is 445 g/mol.